The summed E-state index contributed by atoms with van der Waals surface area (Å²) in [6, 6.07) is 9.84. The van der Waals surface area contributed by atoms with E-state index in [0.717, 1.165) is 16.1 Å². The van der Waals surface area contributed by atoms with Gasteiger partial charge in [-0.1, -0.05) is 23.7 Å². The Hall–Kier alpha value is -1.34. The van der Waals surface area contributed by atoms with Gasteiger partial charge in [-0.05, 0) is 36.2 Å². The first-order valence-electron chi connectivity index (χ1n) is 4.44. The predicted octanol–water partition coefficient (Wildman–Crippen LogP) is 3.71. The summed E-state index contributed by atoms with van der Waals surface area (Å²) in [5.74, 6) is 0. The second kappa shape index (κ2) is 3.81. The Balaban J connectivity index is 2.57. The Morgan fingerprint density at radius 2 is 2.07 bits per heavy atom. The minimum Gasteiger partial charge on any atom is -0.264 e. The third kappa shape index (κ3) is 1.78. The smallest absolute Gasteiger partial charge is 0.0412 e. The van der Waals surface area contributed by atoms with Crippen LogP contribution in [0.3, 0.4) is 0 Å². The molecule has 1 heterocycles. The molecule has 0 fully saturated rings. The molecule has 0 aliphatic rings. The van der Waals surface area contributed by atoms with Crippen molar-refractivity contribution in [1.29, 1.82) is 0 Å². The summed E-state index contributed by atoms with van der Waals surface area (Å²) in [6.07, 6.45) is 3.61. The van der Waals surface area contributed by atoms with E-state index in [0.29, 0.717) is 0 Å². The molecule has 14 heavy (non-hydrogen) atoms. The van der Waals surface area contributed by atoms with Gasteiger partial charge < -0.3 is 0 Å². The zero-order chi connectivity index (χ0) is 9.97. The second-order valence-corrected chi connectivity index (χ2v) is 3.64. The first-order valence-corrected chi connectivity index (χ1v) is 4.82. The molecule has 1 aromatic carbocycles. The van der Waals surface area contributed by atoms with Gasteiger partial charge in [0, 0.05) is 23.0 Å². The van der Waals surface area contributed by atoms with Gasteiger partial charge >= 0.3 is 0 Å². The molecule has 1 aromatic heterocycles. The van der Waals surface area contributed by atoms with Crippen LogP contribution in [0.2, 0.25) is 5.02 Å². The lowest BCUT2D eigenvalue weighted by molar-refractivity contribution is 1.32. The molecule has 1 nitrogen and oxygen atoms in total. The number of halogens is 1. The number of rotatable bonds is 1. The van der Waals surface area contributed by atoms with Gasteiger partial charge in [0.2, 0.25) is 0 Å². The van der Waals surface area contributed by atoms with E-state index in [9.17, 15) is 0 Å². The number of hydrogen-bond acceptors (Lipinski definition) is 1. The van der Waals surface area contributed by atoms with E-state index in [1.807, 2.05) is 36.5 Å². The van der Waals surface area contributed by atoms with Crippen LogP contribution in [0.5, 0.6) is 0 Å². The first kappa shape index (κ1) is 9.22. The van der Waals surface area contributed by atoms with Gasteiger partial charge in [-0.2, -0.15) is 0 Å². The van der Waals surface area contributed by atoms with Gasteiger partial charge in [0.25, 0.3) is 0 Å². The molecule has 70 valence electrons. The number of nitrogens with zero attached hydrogens (tertiary/aromatic N) is 1. The number of benzene rings is 1. The van der Waals surface area contributed by atoms with E-state index in [-0.39, 0.29) is 0 Å². The highest BCUT2D eigenvalue weighted by molar-refractivity contribution is 6.30. The van der Waals surface area contributed by atoms with Crippen molar-refractivity contribution in [2.24, 2.45) is 0 Å². The van der Waals surface area contributed by atoms with Crippen LogP contribution in [0, 0.1) is 6.92 Å². The van der Waals surface area contributed by atoms with Crippen molar-refractivity contribution in [2.45, 2.75) is 6.92 Å². The highest BCUT2D eigenvalue weighted by atomic mass is 35.5. The standard InChI is InChI=1S/C12H10ClN/c1-9-4-5-11(13)7-12(9)10-3-2-6-14-8-10/h2-8H,1H3. The first-order chi connectivity index (χ1) is 6.77. The molecule has 0 saturated carbocycles. The normalized spacial score (nSPS) is 10.1. The molecule has 2 rings (SSSR count). The maximum absolute atomic E-state index is 5.95. The Morgan fingerprint density at radius 1 is 1.21 bits per heavy atom. The Morgan fingerprint density at radius 3 is 2.79 bits per heavy atom. The molecule has 2 aromatic rings. The Kier molecular flexibility index (Phi) is 2.51. The van der Waals surface area contributed by atoms with Crippen molar-refractivity contribution in [3.05, 3.63) is 53.3 Å². The van der Waals surface area contributed by atoms with Crippen molar-refractivity contribution in [3.8, 4) is 11.1 Å². The van der Waals surface area contributed by atoms with Crippen LogP contribution in [0.4, 0.5) is 0 Å². The van der Waals surface area contributed by atoms with E-state index < -0.39 is 0 Å². The molecule has 0 spiro atoms. The fraction of sp³-hybridized carbons (Fsp3) is 0.0833. The Bertz CT molecular complexity index is 437. The minimum atomic E-state index is 0.759. The summed E-state index contributed by atoms with van der Waals surface area (Å²) >= 11 is 5.95. The summed E-state index contributed by atoms with van der Waals surface area (Å²) in [5.41, 5.74) is 3.46. The van der Waals surface area contributed by atoms with Gasteiger partial charge in [-0.15, -0.1) is 0 Å². The maximum atomic E-state index is 5.95. The molecule has 0 aliphatic heterocycles. The van der Waals surface area contributed by atoms with Crippen molar-refractivity contribution >= 4 is 11.6 Å². The van der Waals surface area contributed by atoms with Crippen LogP contribution in [0.25, 0.3) is 11.1 Å². The molecule has 0 N–H and O–H groups in total. The van der Waals surface area contributed by atoms with Gasteiger partial charge in [-0.25, -0.2) is 0 Å². The Labute approximate surface area is 88.4 Å². The maximum Gasteiger partial charge on any atom is 0.0412 e. The minimum absolute atomic E-state index is 0.759. The van der Waals surface area contributed by atoms with Crippen LogP contribution < -0.4 is 0 Å². The van der Waals surface area contributed by atoms with Gasteiger partial charge in [0.1, 0.15) is 0 Å². The van der Waals surface area contributed by atoms with Crippen LogP contribution in [0.15, 0.2) is 42.7 Å². The van der Waals surface area contributed by atoms with E-state index in [4.69, 9.17) is 11.6 Å². The third-order valence-corrected chi connectivity index (χ3v) is 2.41. The van der Waals surface area contributed by atoms with Crippen molar-refractivity contribution in [2.75, 3.05) is 0 Å². The second-order valence-electron chi connectivity index (χ2n) is 3.20. The third-order valence-electron chi connectivity index (χ3n) is 2.17. The molecule has 0 bridgehead atoms. The highest BCUT2D eigenvalue weighted by Gasteiger charge is 2.01. The fourth-order valence-electron chi connectivity index (χ4n) is 1.43. The predicted molar refractivity (Wildman–Crippen MR) is 59.4 cm³/mol. The summed E-state index contributed by atoms with van der Waals surface area (Å²) in [6.45, 7) is 2.07. The molecule has 2 heteroatoms. The van der Waals surface area contributed by atoms with E-state index in [1.54, 1.807) is 6.20 Å². The molecule has 0 amide bonds. The average molecular weight is 204 g/mol. The van der Waals surface area contributed by atoms with Crippen LogP contribution in [-0.4, -0.2) is 4.98 Å². The molecule has 0 saturated heterocycles. The van der Waals surface area contributed by atoms with Crippen LogP contribution in [0.1, 0.15) is 5.56 Å². The van der Waals surface area contributed by atoms with Crippen molar-refractivity contribution in [1.82, 2.24) is 4.98 Å². The SMILES string of the molecule is Cc1ccc(Cl)cc1-c1cccnc1. The van der Waals surface area contributed by atoms with Crippen molar-refractivity contribution < 1.29 is 0 Å². The van der Waals surface area contributed by atoms with Crippen molar-refractivity contribution in [3.63, 3.8) is 0 Å². The number of hydrogen-bond donors (Lipinski definition) is 0. The summed E-state index contributed by atoms with van der Waals surface area (Å²) in [4.78, 5) is 4.09. The summed E-state index contributed by atoms with van der Waals surface area (Å²) < 4.78 is 0. The lowest BCUT2D eigenvalue weighted by Gasteiger charge is -2.05. The fourth-order valence-corrected chi connectivity index (χ4v) is 1.60. The number of aromatic nitrogens is 1. The quantitative estimate of drug-likeness (QED) is 0.689. The average Bonchev–Trinajstić information content (AvgIpc) is 2.23. The zero-order valence-corrected chi connectivity index (χ0v) is 8.62. The largest absolute Gasteiger partial charge is 0.264 e. The zero-order valence-electron chi connectivity index (χ0n) is 7.87. The number of aryl methyl sites for hydroxylation is 1. The summed E-state index contributed by atoms with van der Waals surface area (Å²) in [5, 5.41) is 0.759. The monoisotopic (exact) mass is 203 g/mol. The lowest BCUT2D eigenvalue weighted by atomic mass is 10.0. The van der Waals surface area contributed by atoms with E-state index in [2.05, 4.69) is 11.9 Å². The molecular formula is C12H10ClN. The van der Waals surface area contributed by atoms with E-state index in [1.165, 1.54) is 5.56 Å². The van der Waals surface area contributed by atoms with Gasteiger partial charge in [0.15, 0.2) is 0 Å². The molecule has 0 aliphatic carbocycles. The molecular weight excluding hydrogens is 194 g/mol. The highest BCUT2D eigenvalue weighted by Crippen LogP contribution is 2.25. The molecule has 0 unspecified atom stereocenters. The van der Waals surface area contributed by atoms with Gasteiger partial charge in [-0.3, -0.25) is 4.98 Å². The number of pyridine rings is 1. The topological polar surface area (TPSA) is 12.9 Å². The summed E-state index contributed by atoms with van der Waals surface area (Å²) in [7, 11) is 0. The lowest BCUT2D eigenvalue weighted by Crippen LogP contribution is -1.83. The molecule has 0 atom stereocenters. The van der Waals surface area contributed by atoms with E-state index >= 15 is 0 Å². The molecule has 0 radical (unpaired) electrons. The van der Waals surface area contributed by atoms with Crippen LogP contribution in [-0.2, 0) is 0 Å². The van der Waals surface area contributed by atoms with Crippen LogP contribution >= 0.6 is 11.6 Å². The van der Waals surface area contributed by atoms with Gasteiger partial charge in [0.05, 0.1) is 0 Å².